The van der Waals surface area contributed by atoms with E-state index in [4.69, 9.17) is 10.2 Å². The first-order valence-corrected chi connectivity index (χ1v) is 5.28. The summed E-state index contributed by atoms with van der Waals surface area (Å²) >= 11 is 1.27. The first-order chi connectivity index (χ1) is 7.13. The Bertz CT molecular complexity index is 345. The lowest BCUT2D eigenvalue weighted by Crippen LogP contribution is -2.14. The standard InChI is InChI=1S/C9H11NO4S/c11-5-8(12)6-15-9-3-1-2-7(4-9)10(13)14/h1-4,8,11-12H,5-6H2. The van der Waals surface area contributed by atoms with Crippen LogP contribution < -0.4 is 0 Å². The Morgan fingerprint density at radius 3 is 2.87 bits per heavy atom. The summed E-state index contributed by atoms with van der Waals surface area (Å²) in [7, 11) is 0. The number of nitrogens with zero attached hydrogens (tertiary/aromatic N) is 1. The van der Waals surface area contributed by atoms with E-state index in [1.165, 1.54) is 23.9 Å². The molecule has 15 heavy (non-hydrogen) atoms. The molecule has 0 fully saturated rings. The molecule has 1 unspecified atom stereocenters. The van der Waals surface area contributed by atoms with Crippen molar-refractivity contribution in [2.24, 2.45) is 0 Å². The van der Waals surface area contributed by atoms with Crippen molar-refractivity contribution in [1.82, 2.24) is 0 Å². The Morgan fingerprint density at radius 2 is 2.27 bits per heavy atom. The zero-order valence-electron chi connectivity index (χ0n) is 7.87. The van der Waals surface area contributed by atoms with E-state index in [0.29, 0.717) is 10.6 Å². The van der Waals surface area contributed by atoms with Crippen molar-refractivity contribution in [2.75, 3.05) is 12.4 Å². The van der Waals surface area contributed by atoms with Crippen molar-refractivity contribution in [2.45, 2.75) is 11.0 Å². The Balaban J connectivity index is 2.62. The van der Waals surface area contributed by atoms with E-state index in [1.807, 2.05) is 0 Å². The van der Waals surface area contributed by atoms with E-state index in [2.05, 4.69) is 0 Å². The molecule has 0 radical (unpaired) electrons. The number of nitro groups is 1. The number of benzene rings is 1. The highest BCUT2D eigenvalue weighted by Gasteiger charge is 2.07. The largest absolute Gasteiger partial charge is 0.394 e. The maximum absolute atomic E-state index is 10.5. The second-order valence-electron chi connectivity index (χ2n) is 2.90. The third-order valence-electron chi connectivity index (χ3n) is 1.68. The van der Waals surface area contributed by atoms with E-state index in [-0.39, 0.29) is 12.3 Å². The highest BCUT2D eigenvalue weighted by Crippen LogP contribution is 2.23. The monoisotopic (exact) mass is 229 g/mol. The normalized spacial score (nSPS) is 12.4. The molecule has 0 bridgehead atoms. The molecule has 0 saturated heterocycles. The highest BCUT2D eigenvalue weighted by molar-refractivity contribution is 7.99. The molecule has 0 aliphatic rings. The van der Waals surface area contributed by atoms with Crippen molar-refractivity contribution in [3.63, 3.8) is 0 Å². The van der Waals surface area contributed by atoms with E-state index in [0.717, 1.165) is 0 Å². The molecule has 0 aliphatic carbocycles. The fourth-order valence-corrected chi connectivity index (χ4v) is 1.80. The molecule has 0 saturated carbocycles. The molecule has 1 aromatic rings. The number of nitro benzene ring substituents is 1. The van der Waals surface area contributed by atoms with E-state index < -0.39 is 11.0 Å². The molecular formula is C9H11NO4S. The molecule has 1 atom stereocenters. The first kappa shape index (κ1) is 12.0. The molecule has 6 heteroatoms. The zero-order chi connectivity index (χ0) is 11.3. The van der Waals surface area contributed by atoms with Gasteiger partial charge >= 0.3 is 0 Å². The summed E-state index contributed by atoms with van der Waals surface area (Å²) in [5.41, 5.74) is 0.0264. The van der Waals surface area contributed by atoms with Crippen LogP contribution in [0.5, 0.6) is 0 Å². The average molecular weight is 229 g/mol. The number of thioether (sulfide) groups is 1. The summed E-state index contributed by atoms with van der Waals surface area (Å²) in [6.07, 6.45) is -0.797. The van der Waals surface area contributed by atoms with Gasteiger partial charge in [-0.2, -0.15) is 0 Å². The van der Waals surface area contributed by atoms with Gasteiger partial charge in [-0.3, -0.25) is 10.1 Å². The molecule has 0 aliphatic heterocycles. The lowest BCUT2D eigenvalue weighted by molar-refractivity contribution is -0.385. The number of aliphatic hydroxyl groups excluding tert-OH is 2. The van der Waals surface area contributed by atoms with Gasteiger partial charge in [0.05, 0.1) is 17.6 Å². The van der Waals surface area contributed by atoms with E-state index >= 15 is 0 Å². The van der Waals surface area contributed by atoms with Crippen molar-refractivity contribution < 1.29 is 15.1 Å². The zero-order valence-corrected chi connectivity index (χ0v) is 8.68. The van der Waals surface area contributed by atoms with Gasteiger partial charge in [-0.1, -0.05) is 6.07 Å². The Kier molecular flexibility index (Phi) is 4.54. The topological polar surface area (TPSA) is 83.6 Å². The minimum absolute atomic E-state index is 0.0264. The van der Waals surface area contributed by atoms with Gasteiger partial charge in [0.15, 0.2) is 0 Å². The maximum atomic E-state index is 10.5. The lowest BCUT2D eigenvalue weighted by Gasteiger charge is -2.05. The molecule has 1 rings (SSSR count). The summed E-state index contributed by atoms with van der Waals surface area (Å²) in [6.45, 7) is -0.304. The van der Waals surface area contributed by atoms with E-state index in [1.54, 1.807) is 12.1 Å². The quantitative estimate of drug-likeness (QED) is 0.448. The summed E-state index contributed by atoms with van der Waals surface area (Å²) in [6, 6.07) is 6.16. The molecule has 0 spiro atoms. The van der Waals surface area contributed by atoms with Crippen LogP contribution in [0.3, 0.4) is 0 Å². The van der Waals surface area contributed by atoms with Crippen LogP contribution in [0.1, 0.15) is 0 Å². The lowest BCUT2D eigenvalue weighted by atomic mass is 10.3. The van der Waals surface area contributed by atoms with Crippen molar-refractivity contribution in [3.05, 3.63) is 34.4 Å². The summed E-state index contributed by atoms with van der Waals surface area (Å²) in [5, 5.41) is 28.1. The fraction of sp³-hybridized carbons (Fsp3) is 0.333. The van der Waals surface area contributed by atoms with Crippen LogP contribution in [0, 0.1) is 10.1 Å². The van der Waals surface area contributed by atoms with Crippen LogP contribution in [0.25, 0.3) is 0 Å². The molecule has 0 heterocycles. The summed E-state index contributed by atoms with van der Waals surface area (Å²) < 4.78 is 0. The van der Waals surface area contributed by atoms with Gasteiger partial charge in [-0.25, -0.2) is 0 Å². The second kappa shape index (κ2) is 5.69. The minimum atomic E-state index is -0.797. The number of aliphatic hydroxyl groups is 2. The second-order valence-corrected chi connectivity index (χ2v) is 4.00. The van der Waals surface area contributed by atoms with E-state index in [9.17, 15) is 10.1 Å². The van der Waals surface area contributed by atoms with Gasteiger partial charge in [-0.15, -0.1) is 11.8 Å². The predicted octanol–water partition coefficient (Wildman–Crippen LogP) is 1.04. The van der Waals surface area contributed by atoms with Crippen molar-refractivity contribution in [3.8, 4) is 0 Å². The number of rotatable bonds is 5. The number of hydrogen-bond acceptors (Lipinski definition) is 5. The van der Waals surface area contributed by atoms with Crippen LogP contribution in [-0.2, 0) is 0 Å². The van der Waals surface area contributed by atoms with Crippen LogP contribution >= 0.6 is 11.8 Å². The fourth-order valence-electron chi connectivity index (χ4n) is 0.932. The Hall–Kier alpha value is -1.11. The smallest absolute Gasteiger partial charge is 0.270 e. The van der Waals surface area contributed by atoms with Gasteiger partial charge in [0.25, 0.3) is 5.69 Å². The van der Waals surface area contributed by atoms with Crippen LogP contribution in [0.4, 0.5) is 5.69 Å². The van der Waals surface area contributed by atoms with Gasteiger partial charge in [0.1, 0.15) is 0 Å². The van der Waals surface area contributed by atoms with Gasteiger partial charge in [0.2, 0.25) is 0 Å². The van der Waals surface area contributed by atoms with Crippen LogP contribution in [-0.4, -0.2) is 33.6 Å². The minimum Gasteiger partial charge on any atom is -0.394 e. The van der Waals surface area contributed by atoms with Gasteiger partial charge in [-0.05, 0) is 6.07 Å². The summed E-state index contributed by atoms with van der Waals surface area (Å²) in [5.74, 6) is 0.317. The van der Waals surface area contributed by atoms with Crippen LogP contribution in [0.15, 0.2) is 29.2 Å². The molecule has 1 aromatic carbocycles. The molecule has 5 nitrogen and oxygen atoms in total. The highest BCUT2D eigenvalue weighted by atomic mass is 32.2. The molecule has 2 N–H and O–H groups in total. The molecule has 0 amide bonds. The molecule has 0 aromatic heterocycles. The van der Waals surface area contributed by atoms with Gasteiger partial charge in [0, 0.05) is 22.8 Å². The Labute approximate surface area is 90.9 Å². The molecule has 82 valence electrons. The maximum Gasteiger partial charge on any atom is 0.270 e. The predicted molar refractivity (Wildman–Crippen MR) is 56.9 cm³/mol. The Morgan fingerprint density at radius 1 is 1.53 bits per heavy atom. The number of non-ortho nitro benzene ring substituents is 1. The third-order valence-corrected chi connectivity index (χ3v) is 2.82. The van der Waals surface area contributed by atoms with Crippen LogP contribution in [0.2, 0.25) is 0 Å². The number of hydrogen-bond donors (Lipinski definition) is 2. The third kappa shape index (κ3) is 3.86. The average Bonchev–Trinajstić information content (AvgIpc) is 2.26. The first-order valence-electron chi connectivity index (χ1n) is 4.29. The molecular weight excluding hydrogens is 218 g/mol. The van der Waals surface area contributed by atoms with Gasteiger partial charge < -0.3 is 10.2 Å². The summed E-state index contributed by atoms with van der Waals surface area (Å²) in [4.78, 5) is 10.7. The van der Waals surface area contributed by atoms with Crippen molar-refractivity contribution >= 4 is 17.4 Å². The van der Waals surface area contributed by atoms with Crippen molar-refractivity contribution in [1.29, 1.82) is 0 Å². The SMILES string of the molecule is O=[N+]([O-])c1cccc(SCC(O)CO)c1.